The second kappa shape index (κ2) is 15.0. The summed E-state index contributed by atoms with van der Waals surface area (Å²) in [4.78, 5) is 29.2. The van der Waals surface area contributed by atoms with Crippen LogP contribution in [0.2, 0.25) is 5.02 Å². The van der Waals surface area contributed by atoms with Gasteiger partial charge < -0.3 is 10.2 Å². The lowest BCUT2D eigenvalue weighted by Gasteiger charge is -2.34. The van der Waals surface area contributed by atoms with Gasteiger partial charge in [0.2, 0.25) is 11.8 Å². The Hall–Kier alpha value is -4.21. The van der Waals surface area contributed by atoms with Crippen molar-refractivity contribution in [2.24, 2.45) is 0 Å². The van der Waals surface area contributed by atoms with Gasteiger partial charge in [0.1, 0.15) is 18.4 Å². The van der Waals surface area contributed by atoms with Gasteiger partial charge in [0, 0.05) is 30.1 Å². The van der Waals surface area contributed by atoms with Crippen molar-refractivity contribution < 1.29 is 22.4 Å². The first kappa shape index (κ1) is 32.7. The van der Waals surface area contributed by atoms with Crippen molar-refractivity contribution in [3.63, 3.8) is 0 Å². The minimum atomic E-state index is -4.26. The fraction of sp³-hybridized carbons (Fsp3) is 0.235. The molecule has 0 saturated carbocycles. The molecule has 0 aliphatic carbocycles. The Labute approximate surface area is 263 Å². The summed E-state index contributed by atoms with van der Waals surface area (Å²) in [6.07, 6.45) is 0.806. The van der Waals surface area contributed by atoms with Crippen LogP contribution in [-0.4, -0.2) is 44.3 Å². The van der Waals surface area contributed by atoms with Gasteiger partial charge in [-0.25, -0.2) is 12.8 Å². The Balaban J connectivity index is 1.81. The number of hydrogen-bond acceptors (Lipinski definition) is 4. The Morgan fingerprint density at radius 2 is 1.55 bits per heavy atom. The highest BCUT2D eigenvalue weighted by atomic mass is 35.5. The van der Waals surface area contributed by atoms with Gasteiger partial charge in [-0.15, -0.1) is 0 Å². The van der Waals surface area contributed by atoms with Gasteiger partial charge in [0.15, 0.2) is 0 Å². The van der Waals surface area contributed by atoms with Crippen LogP contribution in [0.5, 0.6) is 0 Å². The standard InChI is InChI=1S/C34H35ClFN3O4S/c1-3-20-37-34(41)32(21-26-12-6-4-7-13-26)38(23-27-14-10-11-17-31(27)36)33(40)24-39(28-19-18-25(2)30(35)22-28)44(42,43)29-15-8-5-9-16-29/h4-19,22,32H,3,20-21,23-24H2,1-2H3,(H,37,41). The topological polar surface area (TPSA) is 86.8 Å². The van der Waals surface area contributed by atoms with Crippen LogP contribution in [0.25, 0.3) is 0 Å². The van der Waals surface area contributed by atoms with Crippen LogP contribution < -0.4 is 9.62 Å². The van der Waals surface area contributed by atoms with Crippen molar-refractivity contribution in [2.45, 2.75) is 44.2 Å². The van der Waals surface area contributed by atoms with Crippen molar-refractivity contribution in [3.05, 3.63) is 131 Å². The number of benzene rings is 4. The Morgan fingerprint density at radius 1 is 0.909 bits per heavy atom. The molecule has 230 valence electrons. The number of anilines is 1. The van der Waals surface area contributed by atoms with E-state index in [1.54, 1.807) is 43.3 Å². The molecule has 0 fully saturated rings. The average Bonchev–Trinajstić information content (AvgIpc) is 3.03. The molecule has 1 unspecified atom stereocenters. The van der Waals surface area contributed by atoms with Gasteiger partial charge in [-0.05, 0) is 54.8 Å². The van der Waals surface area contributed by atoms with Gasteiger partial charge in [-0.1, -0.05) is 91.3 Å². The maximum absolute atomic E-state index is 15.0. The van der Waals surface area contributed by atoms with E-state index in [1.165, 1.54) is 41.3 Å². The molecule has 0 radical (unpaired) electrons. The van der Waals surface area contributed by atoms with E-state index >= 15 is 0 Å². The first-order chi connectivity index (χ1) is 21.1. The van der Waals surface area contributed by atoms with E-state index in [9.17, 15) is 22.4 Å². The molecular weight excluding hydrogens is 601 g/mol. The number of amides is 2. The lowest BCUT2D eigenvalue weighted by Crippen LogP contribution is -2.53. The van der Waals surface area contributed by atoms with Crippen molar-refractivity contribution in [3.8, 4) is 0 Å². The summed E-state index contributed by atoms with van der Waals surface area (Å²) < 4.78 is 44.0. The first-order valence-corrected chi connectivity index (χ1v) is 16.1. The highest BCUT2D eigenvalue weighted by molar-refractivity contribution is 7.92. The molecule has 0 saturated heterocycles. The molecule has 0 aliphatic rings. The van der Waals surface area contributed by atoms with E-state index < -0.39 is 40.2 Å². The van der Waals surface area contributed by atoms with Crippen molar-refractivity contribution in [1.82, 2.24) is 10.2 Å². The molecule has 7 nitrogen and oxygen atoms in total. The monoisotopic (exact) mass is 635 g/mol. The number of carbonyl (C=O) groups excluding carboxylic acids is 2. The van der Waals surface area contributed by atoms with Gasteiger partial charge in [0.05, 0.1) is 10.6 Å². The summed E-state index contributed by atoms with van der Waals surface area (Å²) in [7, 11) is -4.26. The van der Waals surface area contributed by atoms with Crippen LogP contribution in [0.15, 0.2) is 108 Å². The average molecular weight is 636 g/mol. The molecule has 0 aromatic heterocycles. The van der Waals surface area contributed by atoms with E-state index in [0.29, 0.717) is 18.0 Å². The smallest absolute Gasteiger partial charge is 0.264 e. The molecule has 4 aromatic rings. The molecule has 10 heteroatoms. The largest absolute Gasteiger partial charge is 0.354 e. The fourth-order valence-electron chi connectivity index (χ4n) is 4.72. The number of aryl methyl sites for hydroxylation is 1. The maximum Gasteiger partial charge on any atom is 0.264 e. The molecular formula is C34H35ClFN3O4S. The van der Waals surface area contributed by atoms with E-state index in [1.807, 2.05) is 37.3 Å². The van der Waals surface area contributed by atoms with Gasteiger partial charge in [0.25, 0.3) is 10.0 Å². The van der Waals surface area contributed by atoms with E-state index in [0.717, 1.165) is 15.4 Å². The second-order valence-electron chi connectivity index (χ2n) is 10.4. The number of nitrogens with one attached hydrogen (secondary N) is 1. The van der Waals surface area contributed by atoms with Gasteiger partial charge in [-0.2, -0.15) is 0 Å². The summed E-state index contributed by atoms with van der Waals surface area (Å²) >= 11 is 6.40. The summed E-state index contributed by atoms with van der Waals surface area (Å²) in [5, 5.41) is 3.19. The summed E-state index contributed by atoms with van der Waals surface area (Å²) in [5.41, 5.74) is 1.89. The lowest BCUT2D eigenvalue weighted by molar-refractivity contribution is -0.140. The molecule has 44 heavy (non-hydrogen) atoms. The highest BCUT2D eigenvalue weighted by Gasteiger charge is 2.35. The molecule has 0 aliphatic heterocycles. The highest BCUT2D eigenvalue weighted by Crippen LogP contribution is 2.29. The predicted molar refractivity (Wildman–Crippen MR) is 171 cm³/mol. The number of carbonyl (C=O) groups is 2. The van der Waals surface area contributed by atoms with Crippen molar-refractivity contribution >= 4 is 39.1 Å². The van der Waals surface area contributed by atoms with Crippen LogP contribution in [0, 0.1) is 12.7 Å². The number of sulfonamides is 1. The molecule has 4 rings (SSSR count). The molecule has 0 bridgehead atoms. The quantitative estimate of drug-likeness (QED) is 0.191. The van der Waals surface area contributed by atoms with Gasteiger partial charge >= 0.3 is 0 Å². The van der Waals surface area contributed by atoms with Crippen LogP contribution in [-0.2, 0) is 32.6 Å². The number of hydrogen-bond donors (Lipinski definition) is 1. The minimum Gasteiger partial charge on any atom is -0.354 e. The van der Waals surface area contributed by atoms with Gasteiger partial charge in [-0.3, -0.25) is 13.9 Å². The number of nitrogens with zero attached hydrogens (tertiary/aromatic N) is 2. The SMILES string of the molecule is CCCNC(=O)C(Cc1ccccc1)N(Cc1ccccc1F)C(=O)CN(c1ccc(C)c(Cl)c1)S(=O)(=O)c1ccccc1. The molecule has 1 atom stereocenters. The molecule has 4 aromatic carbocycles. The summed E-state index contributed by atoms with van der Waals surface area (Å²) in [5.74, 6) is -1.65. The third kappa shape index (κ3) is 8.03. The zero-order chi connectivity index (χ0) is 31.7. The Morgan fingerprint density at radius 3 is 2.18 bits per heavy atom. The number of rotatable bonds is 13. The molecule has 1 N–H and O–H groups in total. The molecule has 2 amide bonds. The van der Waals surface area contributed by atoms with Crippen LogP contribution in [0.4, 0.5) is 10.1 Å². The zero-order valence-corrected chi connectivity index (χ0v) is 26.2. The fourth-order valence-corrected chi connectivity index (χ4v) is 6.32. The molecule has 0 heterocycles. The number of halogens is 2. The van der Waals surface area contributed by atoms with Crippen LogP contribution in [0.1, 0.15) is 30.0 Å². The van der Waals surface area contributed by atoms with E-state index in [-0.39, 0.29) is 29.1 Å². The lowest BCUT2D eigenvalue weighted by atomic mass is 10.0. The summed E-state index contributed by atoms with van der Waals surface area (Å²) in [6, 6.07) is 26.6. The summed E-state index contributed by atoms with van der Waals surface area (Å²) in [6.45, 7) is 3.16. The Kier molecular flexibility index (Phi) is 11.1. The minimum absolute atomic E-state index is 0.0216. The van der Waals surface area contributed by atoms with Crippen LogP contribution in [0.3, 0.4) is 0 Å². The van der Waals surface area contributed by atoms with Crippen molar-refractivity contribution in [1.29, 1.82) is 0 Å². The van der Waals surface area contributed by atoms with Crippen LogP contribution >= 0.6 is 11.6 Å². The Bertz CT molecular complexity index is 1690. The van der Waals surface area contributed by atoms with E-state index in [4.69, 9.17) is 11.6 Å². The second-order valence-corrected chi connectivity index (χ2v) is 12.6. The van der Waals surface area contributed by atoms with Crippen molar-refractivity contribution in [2.75, 3.05) is 17.4 Å². The normalized spacial score (nSPS) is 11.9. The third-order valence-electron chi connectivity index (χ3n) is 7.17. The maximum atomic E-state index is 15.0. The van der Waals surface area contributed by atoms with E-state index in [2.05, 4.69) is 5.32 Å². The zero-order valence-electron chi connectivity index (χ0n) is 24.6. The third-order valence-corrected chi connectivity index (χ3v) is 9.37. The predicted octanol–water partition coefficient (Wildman–Crippen LogP) is 6.15. The molecule has 0 spiro atoms. The first-order valence-electron chi connectivity index (χ1n) is 14.3.